The maximum Gasteiger partial charge on any atom is 0.305 e. The summed E-state index contributed by atoms with van der Waals surface area (Å²) in [5.41, 5.74) is -0.0282. The predicted octanol–water partition coefficient (Wildman–Crippen LogP) is 2.05. The van der Waals surface area contributed by atoms with Crippen molar-refractivity contribution < 1.29 is 9.72 Å². The number of benzene rings is 1. The van der Waals surface area contributed by atoms with Gasteiger partial charge < -0.3 is 5.32 Å². The molecule has 0 bridgehead atoms. The molecular formula is C11H11N5O3S. The van der Waals surface area contributed by atoms with Crippen LogP contribution in [0.3, 0.4) is 0 Å². The quantitative estimate of drug-likeness (QED) is 0.659. The van der Waals surface area contributed by atoms with Gasteiger partial charge in [-0.25, -0.2) is 0 Å². The number of nitrogens with one attached hydrogen (secondary N) is 2. The number of nitro groups is 1. The molecule has 1 aromatic carbocycles. The Morgan fingerprint density at radius 1 is 1.40 bits per heavy atom. The van der Waals surface area contributed by atoms with Crippen molar-refractivity contribution in [1.29, 1.82) is 0 Å². The van der Waals surface area contributed by atoms with Crippen molar-refractivity contribution in [2.75, 3.05) is 17.7 Å². The lowest BCUT2D eigenvalue weighted by Crippen LogP contribution is -2.14. The monoisotopic (exact) mass is 293 g/mol. The molecule has 0 unspecified atom stereocenters. The Labute approximate surface area is 118 Å². The van der Waals surface area contributed by atoms with Crippen molar-refractivity contribution in [3.05, 3.63) is 38.9 Å². The lowest BCUT2D eigenvalue weighted by Gasteiger charge is -2.06. The van der Waals surface area contributed by atoms with E-state index in [1.807, 2.05) is 0 Å². The molecule has 20 heavy (non-hydrogen) atoms. The number of aryl methyl sites for hydroxylation is 1. The van der Waals surface area contributed by atoms with Gasteiger partial charge in [-0.15, -0.1) is 10.2 Å². The molecule has 0 fully saturated rings. The molecule has 1 aromatic heterocycles. The highest BCUT2D eigenvalue weighted by Gasteiger charge is 2.24. The molecule has 0 aliphatic rings. The van der Waals surface area contributed by atoms with Gasteiger partial charge in [-0.3, -0.25) is 20.2 Å². The van der Waals surface area contributed by atoms with E-state index in [2.05, 4.69) is 20.8 Å². The van der Waals surface area contributed by atoms with Gasteiger partial charge in [-0.05, 0) is 19.1 Å². The van der Waals surface area contributed by atoms with Gasteiger partial charge in [0, 0.05) is 7.05 Å². The van der Waals surface area contributed by atoms with Crippen LogP contribution in [-0.2, 0) is 0 Å². The van der Waals surface area contributed by atoms with Gasteiger partial charge >= 0.3 is 5.69 Å². The van der Waals surface area contributed by atoms with Gasteiger partial charge in [-0.2, -0.15) is 0 Å². The van der Waals surface area contributed by atoms with Gasteiger partial charge in [-0.1, -0.05) is 17.4 Å². The number of hydrogen-bond acceptors (Lipinski definition) is 7. The van der Waals surface area contributed by atoms with E-state index >= 15 is 0 Å². The molecule has 104 valence electrons. The third kappa shape index (κ3) is 2.72. The zero-order chi connectivity index (χ0) is 14.7. The largest absolute Gasteiger partial charge is 0.383 e. The molecule has 0 spiro atoms. The molecular weight excluding hydrogens is 282 g/mol. The van der Waals surface area contributed by atoms with Crippen molar-refractivity contribution in [2.24, 2.45) is 0 Å². The molecule has 8 nitrogen and oxygen atoms in total. The Morgan fingerprint density at radius 3 is 2.70 bits per heavy atom. The fourth-order valence-corrected chi connectivity index (χ4v) is 2.22. The normalized spacial score (nSPS) is 10.1. The van der Waals surface area contributed by atoms with Gasteiger partial charge in [0.15, 0.2) is 0 Å². The summed E-state index contributed by atoms with van der Waals surface area (Å²) in [5.74, 6) is -0.593. The molecule has 2 rings (SSSR count). The van der Waals surface area contributed by atoms with Crippen molar-refractivity contribution in [3.8, 4) is 0 Å². The number of amides is 1. The second-order valence-corrected chi connectivity index (χ2v) is 4.97. The topological polar surface area (TPSA) is 110 Å². The highest BCUT2D eigenvalue weighted by molar-refractivity contribution is 7.15. The summed E-state index contributed by atoms with van der Waals surface area (Å²) in [7, 11) is 1.55. The molecule has 1 amide bonds. The second-order valence-electron chi connectivity index (χ2n) is 3.79. The Hall–Kier alpha value is -2.55. The number of rotatable bonds is 4. The van der Waals surface area contributed by atoms with Crippen LogP contribution in [0.2, 0.25) is 0 Å². The van der Waals surface area contributed by atoms with Crippen LogP contribution in [0.5, 0.6) is 0 Å². The third-order valence-corrected chi connectivity index (χ3v) is 3.23. The Kier molecular flexibility index (Phi) is 3.89. The zero-order valence-corrected chi connectivity index (χ0v) is 11.5. The first-order chi connectivity index (χ1) is 9.52. The van der Waals surface area contributed by atoms with Crippen LogP contribution in [0.4, 0.5) is 16.5 Å². The molecule has 0 saturated carbocycles. The fraction of sp³-hybridized carbons (Fsp3) is 0.182. The second kappa shape index (κ2) is 5.61. The predicted molar refractivity (Wildman–Crippen MR) is 75.2 cm³/mol. The lowest BCUT2D eigenvalue weighted by atomic mass is 10.1. The summed E-state index contributed by atoms with van der Waals surface area (Å²) in [4.78, 5) is 22.6. The van der Waals surface area contributed by atoms with E-state index in [1.54, 1.807) is 20.0 Å². The summed E-state index contributed by atoms with van der Waals surface area (Å²) in [6.07, 6.45) is 0. The molecule has 9 heteroatoms. The summed E-state index contributed by atoms with van der Waals surface area (Å²) >= 11 is 1.20. The molecule has 0 aliphatic carbocycles. The average Bonchev–Trinajstić information content (AvgIpc) is 2.82. The highest BCUT2D eigenvalue weighted by Crippen LogP contribution is 2.29. The fourth-order valence-electron chi connectivity index (χ4n) is 1.64. The first kappa shape index (κ1) is 13.9. The highest BCUT2D eigenvalue weighted by atomic mass is 32.1. The third-order valence-electron chi connectivity index (χ3n) is 2.48. The number of para-hydroxylation sites is 1. The Bertz CT molecular complexity index is 670. The number of nitro benzene ring substituents is 1. The van der Waals surface area contributed by atoms with Gasteiger partial charge in [0.1, 0.15) is 16.3 Å². The maximum atomic E-state index is 12.1. The van der Waals surface area contributed by atoms with E-state index in [1.165, 1.54) is 23.5 Å². The molecule has 2 aromatic rings. The van der Waals surface area contributed by atoms with Crippen LogP contribution in [0, 0.1) is 17.0 Å². The molecule has 0 aliphatic heterocycles. The van der Waals surface area contributed by atoms with E-state index in [0.29, 0.717) is 10.1 Å². The van der Waals surface area contributed by atoms with Gasteiger partial charge in [0.2, 0.25) is 5.13 Å². The first-order valence-corrected chi connectivity index (χ1v) is 6.41. The molecule has 1 heterocycles. The smallest absolute Gasteiger partial charge is 0.305 e. The van der Waals surface area contributed by atoms with Crippen molar-refractivity contribution >= 4 is 33.8 Å². The number of hydrogen-bond donors (Lipinski definition) is 2. The molecule has 0 radical (unpaired) electrons. The van der Waals surface area contributed by atoms with E-state index in [-0.39, 0.29) is 16.9 Å². The van der Waals surface area contributed by atoms with E-state index < -0.39 is 10.8 Å². The molecule has 0 atom stereocenters. The first-order valence-electron chi connectivity index (χ1n) is 5.59. The van der Waals surface area contributed by atoms with Crippen LogP contribution in [-0.4, -0.2) is 28.1 Å². The van der Waals surface area contributed by atoms with Crippen LogP contribution in [0.15, 0.2) is 18.2 Å². The molecule has 2 N–H and O–H groups in total. The summed E-state index contributed by atoms with van der Waals surface area (Å²) in [6, 6.07) is 4.49. The standard InChI is InChI=1S/C11H11N5O3S/c1-6-14-15-11(20-6)13-10(17)7-4-3-5-8(12-2)9(7)16(18)19/h3-5,12H,1-2H3,(H,13,15,17). The maximum absolute atomic E-state index is 12.1. The number of nitrogens with zero attached hydrogens (tertiary/aromatic N) is 3. The van der Waals surface area contributed by atoms with Crippen molar-refractivity contribution in [2.45, 2.75) is 6.92 Å². The van der Waals surface area contributed by atoms with Crippen LogP contribution in [0.1, 0.15) is 15.4 Å². The minimum atomic E-state index is -0.593. The van der Waals surface area contributed by atoms with Crippen LogP contribution >= 0.6 is 11.3 Å². The number of carbonyl (C=O) groups excluding carboxylic acids is 1. The number of carbonyl (C=O) groups is 1. The Morgan fingerprint density at radius 2 is 2.15 bits per heavy atom. The SMILES string of the molecule is CNc1cccc(C(=O)Nc2nnc(C)s2)c1[N+](=O)[O-]. The van der Waals surface area contributed by atoms with Crippen LogP contribution in [0.25, 0.3) is 0 Å². The van der Waals surface area contributed by atoms with Gasteiger partial charge in [0.25, 0.3) is 5.91 Å². The van der Waals surface area contributed by atoms with E-state index in [0.717, 1.165) is 0 Å². The number of anilines is 2. The number of aromatic nitrogens is 2. The summed E-state index contributed by atoms with van der Waals surface area (Å²) in [5, 5.41) is 24.8. The molecule has 0 saturated heterocycles. The summed E-state index contributed by atoms with van der Waals surface area (Å²) < 4.78 is 0. The van der Waals surface area contributed by atoms with E-state index in [9.17, 15) is 14.9 Å². The van der Waals surface area contributed by atoms with Crippen LogP contribution < -0.4 is 10.6 Å². The van der Waals surface area contributed by atoms with E-state index in [4.69, 9.17) is 0 Å². The average molecular weight is 293 g/mol. The van der Waals surface area contributed by atoms with Crippen molar-refractivity contribution in [1.82, 2.24) is 10.2 Å². The minimum Gasteiger partial charge on any atom is -0.383 e. The Balaban J connectivity index is 2.36. The summed E-state index contributed by atoms with van der Waals surface area (Å²) in [6.45, 7) is 1.75. The zero-order valence-electron chi connectivity index (χ0n) is 10.7. The minimum absolute atomic E-state index is 0.0327. The van der Waals surface area contributed by atoms with Gasteiger partial charge in [0.05, 0.1) is 4.92 Å². The lowest BCUT2D eigenvalue weighted by molar-refractivity contribution is -0.384. The van der Waals surface area contributed by atoms with Crippen molar-refractivity contribution in [3.63, 3.8) is 0 Å².